The Morgan fingerprint density at radius 1 is 1.11 bits per heavy atom. The third kappa shape index (κ3) is 4.77. The van der Waals surface area contributed by atoms with E-state index in [0.717, 1.165) is 12.8 Å². The van der Waals surface area contributed by atoms with Crippen LogP contribution in [0, 0.1) is 12.7 Å². The second kappa shape index (κ2) is 8.25. The molecule has 1 rings (SSSR count). The van der Waals surface area contributed by atoms with Crippen molar-refractivity contribution in [2.24, 2.45) is 5.73 Å². The van der Waals surface area contributed by atoms with Gasteiger partial charge in [-0.2, -0.15) is 0 Å². The summed E-state index contributed by atoms with van der Waals surface area (Å²) in [7, 11) is 0. The van der Waals surface area contributed by atoms with Crippen molar-refractivity contribution in [2.75, 3.05) is 0 Å². The SMILES string of the molecule is CCCCCCCCC(N)c1cccc(C)c1F. The molecule has 0 aliphatic rings. The van der Waals surface area contributed by atoms with Crippen molar-refractivity contribution in [3.8, 4) is 0 Å². The van der Waals surface area contributed by atoms with Gasteiger partial charge in [-0.15, -0.1) is 0 Å². The Morgan fingerprint density at radius 2 is 1.78 bits per heavy atom. The van der Waals surface area contributed by atoms with Crippen molar-refractivity contribution >= 4 is 0 Å². The first-order valence-electron chi connectivity index (χ1n) is 7.17. The third-order valence-electron chi connectivity index (χ3n) is 3.49. The molecule has 1 aromatic rings. The average Bonchev–Trinajstić information content (AvgIpc) is 2.36. The number of nitrogens with two attached hydrogens (primary N) is 1. The van der Waals surface area contributed by atoms with Crippen LogP contribution in [0.1, 0.15) is 69.0 Å². The van der Waals surface area contributed by atoms with E-state index in [9.17, 15) is 4.39 Å². The Kier molecular flexibility index (Phi) is 6.96. The molecule has 0 bridgehead atoms. The zero-order chi connectivity index (χ0) is 13.4. The molecule has 0 radical (unpaired) electrons. The number of aryl methyl sites for hydroxylation is 1. The van der Waals surface area contributed by atoms with Crippen molar-refractivity contribution in [1.29, 1.82) is 0 Å². The molecule has 0 amide bonds. The third-order valence-corrected chi connectivity index (χ3v) is 3.49. The highest BCUT2D eigenvalue weighted by Crippen LogP contribution is 2.22. The van der Waals surface area contributed by atoms with Crippen LogP contribution in [-0.4, -0.2) is 0 Å². The van der Waals surface area contributed by atoms with Gasteiger partial charge < -0.3 is 5.73 Å². The second-order valence-electron chi connectivity index (χ2n) is 5.14. The Labute approximate surface area is 111 Å². The van der Waals surface area contributed by atoms with E-state index in [2.05, 4.69) is 6.92 Å². The maximum absolute atomic E-state index is 13.8. The maximum Gasteiger partial charge on any atom is 0.130 e. The highest BCUT2D eigenvalue weighted by Gasteiger charge is 2.12. The largest absolute Gasteiger partial charge is 0.324 e. The summed E-state index contributed by atoms with van der Waals surface area (Å²) >= 11 is 0. The fraction of sp³-hybridized carbons (Fsp3) is 0.625. The summed E-state index contributed by atoms with van der Waals surface area (Å²) in [5, 5.41) is 0. The lowest BCUT2D eigenvalue weighted by molar-refractivity contribution is 0.520. The van der Waals surface area contributed by atoms with E-state index in [4.69, 9.17) is 5.73 Å². The van der Waals surface area contributed by atoms with Crippen molar-refractivity contribution in [2.45, 2.75) is 64.8 Å². The normalized spacial score (nSPS) is 12.7. The Hall–Kier alpha value is -0.890. The zero-order valence-electron chi connectivity index (χ0n) is 11.7. The highest BCUT2D eigenvalue weighted by atomic mass is 19.1. The molecule has 102 valence electrons. The quantitative estimate of drug-likeness (QED) is 0.654. The van der Waals surface area contributed by atoms with Crippen LogP contribution in [0.2, 0.25) is 0 Å². The molecular weight excluding hydrogens is 225 g/mol. The van der Waals surface area contributed by atoms with Gasteiger partial charge in [0.25, 0.3) is 0 Å². The van der Waals surface area contributed by atoms with Gasteiger partial charge in [-0.1, -0.05) is 63.6 Å². The number of rotatable bonds is 8. The lowest BCUT2D eigenvalue weighted by Crippen LogP contribution is -2.12. The fourth-order valence-corrected chi connectivity index (χ4v) is 2.26. The Balaban J connectivity index is 2.32. The molecule has 0 fully saturated rings. The molecule has 1 nitrogen and oxygen atoms in total. The molecule has 0 spiro atoms. The van der Waals surface area contributed by atoms with Gasteiger partial charge in [-0.25, -0.2) is 4.39 Å². The van der Waals surface area contributed by atoms with Gasteiger partial charge in [-0.05, 0) is 18.9 Å². The molecule has 1 aromatic carbocycles. The Bertz CT molecular complexity index is 349. The summed E-state index contributed by atoms with van der Waals surface area (Å²) in [6.07, 6.45) is 8.36. The molecule has 0 aliphatic heterocycles. The lowest BCUT2D eigenvalue weighted by Gasteiger charge is -2.14. The topological polar surface area (TPSA) is 26.0 Å². The van der Waals surface area contributed by atoms with Crippen LogP contribution < -0.4 is 5.73 Å². The van der Waals surface area contributed by atoms with Crippen LogP contribution in [0.4, 0.5) is 4.39 Å². The molecule has 0 aromatic heterocycles. The first-order chi connectivity index (χ1) is 8.66. The fourth-order valence-electron chi connectivity index (χ4n) is 2.26. The van der Waals surface area contributed by atoms with Gasteiger partial charge in [0.1, 0.15) is 5.82 Å². The highest BCUT2D eigenvalue weighted by molar-refractivity contribution is 5.27. The molecule has 2 heteroatoms. The van der Waals surface area contributed by atoms with Gasteiger partial charge in [0, 0.05) is 11.6 Å². The smallest absolute Gasteiger partial charge is 0.130 e. The van der Waals surface area contributed by atoms with E-state index in [0.29, 0.717) is 11.1 Å². The van der Waals surface area contributed by atoms with Gasteiger partial charge in [0.2, 0.25) is 0 Å². The molecule has 1 atom stereocenters. The van der Waals surface area contributed by atoms with Crippen molar-refractivity contribution < 1.29 is 4.39 Å². The lowest BCUT2D eigenvalue weighted by atomic mass is 9.98. The summed E-state index contributed by atoms with van der Waals surface area (Å²) in [6.45, 7) is 4.01. The van der Waals surface area contributed by atoms with E-state index in [1.54, 1.807) is 13.0 Å². The minimum absolute atomic E-state index is 0.129. The standard InChI is InChI=1S/C16H26FN/c1-3-4-5-6-7-8-12-15(18)14-11-9-10-13(2)16(14)17/h9-11,15H,3-8,12,18H2,1-2H3. The van der Waals surface area contributed by atoms with Crippen molar-refractivity contribution in [3.05, 3.63) is 35.1 Å². The number of halogens is 1. The van der Waals surface area contributed by atoms with Crippen LogP contribution in [0.5, 0.6) is 0 Å². The zero-order valence-corrected chi connectivity index (χ0v) is 11.7. The number of unbranched alkanes of at least 4 members (excludes halogenated alkanes) is 5. The van der Waals surface area contributed by atoms with E-state index in [1.165, 1.54) is 32.1 Å². The van der Waals surface area contributed by atoms with E-state index in [1.807, 2.05) is 12.1 Å². The van der Waals surface area contributed by atoms with Gasteiger partial charge in [0.15, 0.2) is 0 Å². The van der Waals surface area contributed by atoms with Crippen molar-refractivity contribution in [1.82, 2.24) is 0 Å². The van der Waals surface area contributed by atoms with E-state index in [-0.39, 0.29) is 11.9 Å². The first kappa shape index (κ1) is 15.2. The summed E-state index contributed by atoms with van der Waals surface area (Å²) in [4.78, 5) is 0. The average molecular weight is 251 g/mol. The molecular formula is C16H26FN. The molecule has 0 heterocycles. The number of hydrogen-bond acceptors (Lipinski definition) is 1. The van der Waals surface area contributed by atoms with Gasteiger partial charge >= 0.3 is 0 Å². The molecule has 0 saturated carbocycles. The molecule has 1 unspecified atom stereocenters. The number of hydrogen-bond donors (Lipinski definition) is 1. The Morgan fingerprint density at radius 3 is 2.50 bits per heavy atom. The summed E-state index contributed by atoms with van der Waals surface area (Å²) in [6, 6.07) is 5.32. The minimum Gasteiger partial charge on any atom is -0.324 e. The molecule has 0 aliphatic carbocycles. The van der Waals surface area contributed by atoms with Crippen LogP contribution in [0.25, 0.3) is 0 Å². The summed E-state index contributed by atoms with van der Waals surface area (Å²) in [5.74, 6) is -0.129. The molecule has 18 heavy (non-hydrogen) atoms. The predicted octanol–water partition coefficient (Wildman–Crippen LogP) is 4.88. The van der Waals surface area contributed by atoms with E-state index >= 15 is 0 Å². The maximum atomic E-state index is 13.8. The predicted molar refractivity (Wildman–Crippen MR) is 76.1 cm³/mol. The monoisotopic (exact) mass is 251 g/mol. The second-order valence-corrected chi connectivity index (χ2v) is 5.14. The summed E-state index contributed by atoms with van der Waals surface area (Å²) in [5.41, 5.74) is 7.42. The van der Waals surface area contributed by atoms with Gasteiger partial charge in [0.05, 0.1) is 0 Å². The number of benzene rings is 1. The van der Waals surface area contributed by atoms with Crippen LogP contribution >= 0.6 is 0 Å². The van der Waals surface area contributed by atoms with Crippen LogP contribution in [0.15, 0.2) is 18.2 Å². The minimum atomic E-state index is -0.156. The van der Waals surface area contributed by atoms with E-state index < -0.39 is 0 Å². The molecule has 0 saturated heterocycles. The van der Waals surface area contributed by atoms with Crippen molar-refractivity contribution in [3.63, 3.8) is 0 Å². The van der Waals surface area contributed by atoms with Crippen LogP contribution in [0.3, 0.4) is 0 Å². The van der Waals surface area contributed by atoms with Gasteiger partial charge in [-0.3, -0.25) is 0 Å². The first-order valence-corrected chi connectivity index (χ1v) is 7.17. The molecule has 2 N–H and O–H groups in total. The van der Waals surface area contributed by atoms with Crippen LogP contribution in [-0.2, 0) is 0 Å². The summed E-state index contributed by atoms with van der Waals surface area (Å²) < 4.78 is 13.8.